The van der Waals surface area contributed by atoms with Gasteiger partial charge in [-0.05, 0) is 43.4 Å². The van der Waals surface area contributed by atoms with E-state index in [0.717, 1.165) is 0 Å². The third kappa shape index (κ3) is 1.63. The zero-order chi connectivity index (χ0) is 13.8. The van der Waals surface area contributed by atoms with Crippen molar-refractivity contribution in [3.8, 4) is 0 Å². The summed E-state index contributed by atoms with van der Waals surface area (Å²) >= 11 is 0. The second-order valence-electron chi connectivity index (χ2n) is 6.38. The van der Waals surface area contributed by atoms with Crippen molar-refractivity contribution in [2.24, 2.45) is 0 Å². The molecule has 2 atom stereocenters. The molecule has 2 N–H and O–H groups in total. The van der Waals surface area contributed by atoms with E-state index in [1.165, 1.54) is 52.7 Å². The molecule has 3 aliphatic rings. The number of aromatic amines is 1. The van der Waals surface area contributed by atoms with E-state index in [4.69, 9.17) is 0 Å². The lowest BCUT2D eigenvalue weighted by atomic mass is 9.85. The van der Waals surface area contributed by atoms with Crippen molar-refractivity contribution < 1.29 is 4.90 Å². The van der Waals surface area contributed by atoms with Crippen LogP contribution in [0.15, 0.2) is 53.9 Å². The minimum atomic E-state index is 0.425. The number of hydrogen-bond donors (Lipinski definition) is 2. The lowest BCUT2D eigenvalue weighted by Gasteiger charge is -2.31. The molecule has 5 rings (SSSR count). The van der Waals surface area contributed by atoms with Crippen LogP contribution in [0.5, 0.6) is 0 Å². The quantitative estimate of drug-likeness (QED) is 0.734. The largest absolute Gasteiger partial charge is 0.353 e. The van der Waals surface area contributed by atoms with Crippen molar-refractivity contribution in [2.75, 3.05) is 0 Å². The van der Waals surface area contributed by atoms with Crippen LogP contribution >= 0.6 is 0 Å². The monoisotopic (exact) mass is 275 g/mol. The van der Waals surface area contributed by atoms with Gasteiger partial charge in [-0.25, -0.2) is 0 Å². The molecule has 104 valence electrons. The molecule has 1 aliphatic carbocycles. The molecule has 1 aromatic heterocycles. The van der Waals surface area contributed by atoms with Crippen molar-refractivity contribution in [3.05, 3.63) is 65.1 Å². The summed E-state index contributed by atoms with van der Waals surface area (Å²) in [7, 11) is 0. The average molecular weight is 275 g/mol. The van der Waals surface area contributed by atoms with Crippen LogP contribution in [0.1, 0.15) is 43.0 Å². The highest BCUT2D eigenvalue weighted by Gasteiger charge is 2.33. The molecular formula is C19H19N2+. The normalized spacial score (nSPS) is 26.7. The Morgan fingerprint density at radius 3 is 2.86 bits per heavy atom. The van der Waals surface area contributed by atoms with Crippen LogP contribution in [0.4, 0.5) is 0 Å². The Balaban J connectivity index is 1.69. The summed E-state index contributed by atoms with van der Waals surface area (Å²) in [5, 5.41) is 1.35. The van der Waals surface area contributed by atoms with Crippen LogP contribution in [0.3, 0.4) is 0 Å². The number of hydrogen-bond acceptors (Lipinski definition) is 0. The Kier molecular flexibility index (Phi) is 2.33. The first-order valence-electron chi connectivity index (χ1n) is 7.97. The molecule has 2 nitrogen and oxygen atoms in total. The molecule has 0 spiro atoms. The summed E-state index contributed by atoms with van der Waals surface area (Å²) in [5.74, 6) is 0. The van der Waals surface area contributed by atoms with E-state index in [1.807, 2.05) is 0 Å². The number of allylic oxidation sites excluding steroid dienone is 2. The van der Waals surface area contributed by atoms with E-state index in [2.05, 4.69) is 53.8 Å². The second-order valence-corrected chi connectivity index (χ2v) is 6.38. The van der Waals surface area contributed by atoms with Gasteiger partial charge in [0.2, 0.25) is 0 Å². The maximum atomic E-state index is 3.66. The molecule has 1 saturated carbocycles. The summed E-state index contributed by atoms with van der Waals surface area (Å²) in [6.45, 7) is 0. The smallest absolute Gasteiger partial charge is 0.156 e. The minimum absolute atomic E-state index is 0.425. The van der Waals surface area contributed by atoms with Crippen LogP contribution in [0, 0.1) is 0 Å². The molecule has 0 radical (unpaired) electrons. The molecule has 2 unspecified atom stereocenters. The number of benzene rings is 1. The second kappa shape index (κ2) is 4.22. The molecule has 1 fully saturated rings. The first kappa shape index (κ1) is 11.6. The van der Waals surface area contributed by atoms with Crippen LogP contribution in [0.25, 0.3) is 17.0 Å². The van der Waals surface area contributed by atoms with Crippen LogP contribution in [-0.2, 0) is 0 Å². The molecule has 1 aromatic carbocycles. The molecular weight excluding hydrogens is 256 g/mol. The maximum Gasteiger partial charge on any atom is 0.156 e. The highest BCUT2D eigenvalue weighted by atomic mass is 15.1. The van der Waals surface area contributed by atoms with Gasteiger partial charge in [-0.1, -0.05) is 18.2 Å². The summed E-state index contributed by atoms with van der Waals surface area (Å²) < 4.78 is 0. The van der Waals surface area contributed by atoms with Gasteiger partial charge in [0, 0.05) is 28.1 Å². The van der Waals surface area contributed by atoms with Crippen molar-refractivity contribution in [1.29, 1.82) is 0 Å². The van der Waals surface area contributed by atoms with Crippen LogP contribution in [-0.4, -0.2) is 4.98 Å². The number of H-pyrrole nitrogens is 1. The number of fused-ring (bicyclic) bond motifs is 6. The molecule has 0 amide bonds. The molecule has 2 aliphatic heterocycles. The van der Waals surface area contributed by atoms with E-state index in [1.54, 1.807) is 11.1 Å². The number of quaternary nitrogens is 1. The molecule has 21 heavy (non-hydrogen) atoms. The predicted octanol–water partition coefficient (Wildman–Crippen LogP) is 3.48. The maximum absolute atomic E-state index is 3.66. The lowest BCUT2D eigenvalue weighted by molar-refractivity contribution is -0.820. The van der Waals surface area contributed by atoms with Gasteiger partial charge in [0.25, 0.3) is 0 Å². The lowest BCUT2D eigenvalue weighted by Crippen LogP contribution is -3.04. The fourth-order valence-electron chi connectivity index (χ4n) is 4.09. The van der Waals surface area contributed by atoms with Crippen molar-refractivity contribution in [3.63, 3.8) is 0 Å². The minimum Gasteiger partial charge on any atom is -0.353 e. The number of nitrogens with one attached hydrogen (secondary N) is 2. The Morgan fingerprint density at radius 2 is 1.90 bits per heavy atom. The Morgan fingerprint density at radius 1 is 1.05 bits per heavy atom. The van der Waals surface area contributed by atoms with Gasteiger partial charge in [0.1, 0.15) is 12.4 Å². The van der Waals surface area contributed by atoms with Crippen LogP contribution < -0.4 is 4.90 Å². The summed E-state index contributed by atoms with van der Waals surface area (Å²) in [4.78, 5) is 5.12. The van der Waals surface area contributed by atoms with Gasteiger partial charge in [-0.2, -0.15) is 0 Å². The van der Waals surface area contributed by atoms with Crippen LogP contribution in [0.2, 0.25) is 0 Å². The van der Waals surface area contributed by atoms with Gasteiger partial charge in [0.15, 0.2) is 6.04 Å². The standard InChI is InChI=1S/C19H18N2/c1-2-6-14-12-21-10-9-16-15-7-3-4-8-17(15)20-19(16)18(21)11-13(14)5-1/h3-4,7-12,18,20H,1-2,5-6H2/p+1. The topological polar surface area (TPSA) is 20.2 Å². The van der Waals surface area contributed by atoms with E-state index in [0.29, 0.717) is 6.04 Å². The molecule has 2 heteroatoms. The SMILES string of the molecule is C1=C[NH+]2C=C3CCCCC3=CC2c2[nH]c3ccccc3c21. The Labute approximate surface area is 124 Å². The van der Waals surface area contributed by atoms with Gasteiger partial charge in [-0.3, -0.25) is 4.90 Å². The first-order chi connectivity index (χ1) is 10.4. The molecule has 0 bridgehead atoms. The van der Waals surface area contributed by atoms with Gasteiger partial charge in [0.05, 0.1) is 5.69 Å². The third-order valence-corrected chi connectivity index (χ3v) is 5.15. The zero-order valence-corrected chi connectivity index (χ0v) is 12.0. The number of para-hydroxylation sites is 1. The fraction of sp³-hybridized carbons (Fsp3) is 0.263. The highest BCUT2D eigenvalue weighted by molar-refractivity contribution is 5.91. The summed E-state index contributed by atoms with van der Waals surface area (Å²) in [5.41, 5.74) is 7.18. The van der Waals surface area contributed by atoms with E-state index in [-0.39, 0.29) is 0 Å². The van der Waals surface area contributed by atoms with Gasteiger partial charge >= 0.3 is 0 Å². The highest BCUT2D eigenvalue weighted by Crippen LogP contribution is 2.35. The summed E-state index contributed by atoms with van der Waals surface area (Å²) in [6.07, 6.45) is 14.8. The zero-order valence-electron chi connectivity index (χ0n) is 12.0. The predicted molar refractivity (Wildman–Crippen MR) is 85.7 cm³/mol. The van der Waals surface area contributed by atoms with Gasteiger partial charge < -0.3 is 4.98 Å². The van der Waals surface area contributed by atoms with E-state index < -0.39 is 0 Å². The molecule has 3 heterocycles. The molecule has 0 saturated heterocycles. The van der Waals surface area contributed by atoms with E-state index in [9.17, 15) is 0 Å². The third-order valence-electron chi connectivity index (χ3n) is 5.15. The molecule has 2 aromatic rings. The Hall–Kier alpha value is -2.06. The Bertz CT molecular complexity index is 819. The average Bonchev–Trinajstić information content (AvgIpc) is 2.92. The summed E-state index contributed by atoms with van der Waals surface area (Å²) in [6, 6.07) is 9.06. The van der Waals surface area contributed by atoms with Crippen molar-refractivity contribution >= 4 is 17.0 Å². The first-order valence-corrected chi connectivity index (χ1v) is 7.97. The number of aromatic nitrogens is 1. The van der Waals surface area contributed by atoms with E-state index >= 15 is 0 Å². The van der Waals surface area contributed by atoms with Crippen molar-refractivity contribution in [1.82, 2.24) is 4.98 Å². The van der Waals surface area contributed by atoms with Crippen molar-refractivity contribution in [2.45, 2.75) is 31.7 Å². The fourth-order valence-corrected chi connectivity index (χ4v) is 4.09. The van der Waals surface area contributed by atoms with Gasteiger partial charge in [-0.15, -0.1) is 0 Å². The number of rotatable bonds is 0.